The molecule has 0 spiro atoms. The summed E-state index contributed by atoms with van der Waals surface area (Å²) in [4.78, 5) is 23.5. The Morgan fingerprint density at radius 1 is 1.13 bits per heavy atom. The Morgan fingerprint density at radius 3 is 2.53 bits per heavy atom. The number of carbonyl (C=O) groups excluding carboxylic acids is 1. The number of aryl methyl sites for hydroxylation is 1. The first kappa shape index (κ1) is 19.6. The molecule has 0 saturated carbocycles. The zero-order valence-electron chi connectivity index (χ0n) is 16.1. The fourth-order valence-electron chi connectivity index (χ4n) is 3.50. The van der Waals surface area contributed by atoms with Crippen molar-refractivity contribution in [3.8, 4) is 11.3 Å². The molecule has 0 saturated heterocycles. The number of rotatable bonds is 6. The molecule has 0 fully saturated rings. The van der Waals surface area contributed by atoms with Crippen LogP contribution in [0, 0.1) is 11.2 Å². The van der Waals surface area contributed by atoms with Gasteiger partial charge in [-0.05, 0) is 11.1 Å². The van der Waals surface area contributed by atoms with E-state index in [1.165, 1.54) is 6.33 Å². The summed E-state index contributed by atoms with van der Waals surface area (Å²) < 4.78 is 2.34. The van der Waals surface area contributed by atoms with Gasteiger partial charge < -0.3 is 14.9 Å². The van der Waals surface area contributed by atoms with Crippen molar-refractivity contribution in [3.63, 3.8) is 0 Å². The van der Waals surface area contributed by atoms with E-state index in [1.807, 2.05) is 65.2 Å². The third-order valence-corrected chi connectivity index (χ3v) is 5.18. The molecule has 2 heterocycles. The summed E-state index contributed by atoms with van der Waals surface area (Å²) >= 11 is 5.45. The third kappa shape index (κ3) is 3.86. The van der Waals surface area contributed by atoms with Gasteiger partial charge in [-0.25, -0.2) is 9.83 Å². The first-order chi connectivity index (χ1) is 14.7. The van der Waals surface area contributed by atoms with E-state index in [0.29, 0.717) is 34.5 Å². The summed E-state index contributed by atoms with van der Waals surface area (Å²) in [6, 6.07) is 19.5. The molecule has 2 N–H and O–H groups in total. The van der Waals surface area contributed by atoms with Gasteiger partial charge in [0, 0.05) is 19.5 Å². The first-order valence-corrected chi connectivity index (χ1v) is 9.93. The lowest BCUT2D eigenvalue weighted by molar-refractivity contribution is -0.121. The molecule has 0 aliphatic carbocycles. The number of fused-ring (bicyclic) bond motifs is 1. The van der Waals surface area contributed by atoms with E-state index in [1.54, 1.807) is 0 Å². The van der Waals surface area contributed by atoms with Gasteiger partial charge in [0.2, 0.25) is 11.6 Å². The molecule has 0 aliphatic rings. The number of nitrogens with one attached hydrogen (secondary N) is 2. The van der Waals surface area contributed by atoms with Crippen molar-refractivity contribution >= 4 is 34.8 Å². The second-order valence-corrected chi connectivity index (χ2v) is 7.16. The predicted octanol–water partition coefficient (Wildman–Crippen LogP) is 5.02. The third-order valence-electron chi connectivity index (χ3n) is 4.89. The van der Waals surface area contributed by atoms with Crippen molar-refractivity contribution in [2.45, 2.75) is 19.5 Å². The van der Waals surface area contributed by atoms with Crippen LogP contribution in [0.4, 0.5) is 5.69 Å². The van der Waals surface area contributed by atoms with Crippen molar-refractivity contribution in [3.05, 3.63) is 88.6 Å². The van der Waals surface area contributed by atoms with Crippen molar-refractivity contribution in [1.29, 1.82) is 0 Å². The SMILES string of the molecule is [C-]#[N+]c1c(-c2ccccc2)n(CCC(=O)NCc2ccccc2)c2c(=S)nc[nH]c12. The maximum absolute atomic E-state index is 12.5. The molecular formula is C23H19N5OS. The summed E-state index contributed by atoms with van der Waals surface area (Å²) in [5.41, 5.74) is 4.49. The van der Waals surface area contributed by atoms with E-state index in [2.05, 4.69) is 20.1 Å². The standard InChI is InChI=1S/C23H19N5OS/c1-24-19-20-22(23(30)27-15-26-20)28(21(19)17-10-6-3-7-11-17)13-12-18(29)25-14-16-8-4-2-5-9-16/h2-11,15H,12-14H2,(H,25,29)(H,26,27,30). The molecule has 2 aromatic heterocycles. The highest BCUT2D eigenvalue weighted by molar-refractivity contribution is 7.71. The van der Waals surface area contributed by atoms with Gasteiger partial charge in [-0.15, -0.1) is 0 Å². The number of aromatic nitrogens is 3. The summed E-state index contributed by atoms with van der Waals surface area (Å²) in [5.74, 6) is -0.0668. The summed E-state index contributed by atoms with van der Waals surface area (Å²) in [6.07, 6.45) is 1.77. The number of H-pyrrole nitrogens is 1. The highest BCUT2D eigenvalue weighted by Gasteiger charge is 2.21. The number of aromatic amines is 1. The minimum Gasteiger partial charge on any atom is -0.354 e. The zero-order chi connectivity index (χ0) is 20.9. The van der Waals surface area contributed by atoms with Crippen LogP contribution >= 0.6 is 12.2 Å². The van der Waals surface area contributed by atoms with Crippen LogP contribution in [-0.2, 0) is 17.9 Å². The van der Waals surface area contributed by atoms with Crippen LogP contribution in [-0.4, -0.2) is 20.4 Å². The summed E-state index contributed by atoms with van der Waals surface area (Å²) in [7, 11) is 0. The molecule has 30 heavy (non-hydrogen) atoms. The largest absolute Gasteiger partial charge is 0.354 e. The molecule has 7 heteroatoms. The van der Waals surface area contributed by atoms with Crippen molar-refractivity contribution in [1.82, 2.24) is 19.9 Å². The van der Waals surface area contributed by atoms with Gasteiger partial charge >= 0.3 is 0 Å². The quantitative estimate of drug-likeness (QED) is 0.345. The van der Waals surface area contributed by atoms with Crippen molar-refractivity contribution < 1.29 is 4.79 Å². The number of hydrogen-bond donors (Lipinski definition) is 2. The monoisotopic (exact) mass is 413 g/mol. The van der Waals surface area contributed by atoms with Gasteiger partial charge in [-0.1, -0.05) is 72.9 Å². The van der Waals surface area contributed by atoms with Crippen LogP contribution in [0.25, 0.3) is 27.1 Å². The second kappa shape index (κ2) is 8.72. The topological polar surface area (TPSA) is 67.1 Å². The lowest BCUT2D eigenvalue weighted by Gasteiger charge is -2.12. The van der Waals surface area contributed by atoms with E-state index >= 15 is 0 Å². The van der Waals surface area contributed by atoms with Gasteiger partial charge in [-0.2, -0.15) is 0 Å². The molecule has 6 nitrogen and oxygen atoms in total. The van der Waals surface area contributed by atoms with Crippen LogP contribution in [0.1, 0.15) is 12.0 Å². The van der Waals surface area contributed by atoms with Gasteiger partial charge in [-0.3, -0.25) is 4.79 Å². The second-order valence-electron chi connectivity index (χ2n) is 6.77. The zero-order valence-corrected chi connectivity index (χ0v) is 16.9. The number of nitrogens with zero attached hydrogens (tertiary/aromatic N) is 3. The molecule has 148 valence electrons. The number of amides is 1. The summed E-state index contributed by atoms with van der Waals surface area (Å²) in [5, 5.41) is 2.95. The normalized spacial score (nSPS) is 10.6. The van der Waals surface area contributed by atoms with Gasteiger partial charge in [0.15, 0.2) is 4.64 Å². The highest BCUT2D eigenvalue weighted by Crippen LogP contribution is 2.39. The van der Waals surface area contributed by atoms with Gasteiger partial charge in [0.25, 0.3) is 0 Å². The van der Waals surface area contributed by atoms with Crippen LogP contribution < -0.4 is 5.32 Å². The molecule has 0 unspecified atom stereocenters. The van der Waals surface area contributed by atoms with E-state index in [9.17, 15) is 4.79 Å². The highest BCUT2D eigenvalue weighted by atomic mass is 32.1. The Labute approximate surface area is 179 Å². The molecule has 4 rings (SSSR count). The smallest absolute Gasteiger partial charge is 0.235 e. The average Bonchev–Trinajstić information content (AvgIpc) is 3.12. The summed E-state index contributed by atoms with van der Waals surface area (Å²) in [6.45, 7) is 8.60. The van der Waals surface area contributed by atoms with E-state index in [-0.39, 0.29) is 12.3 Å². The fraction of sp³-hybridized carbons (Fsp3) is 0.130. The number of hydrogen-bond acceptors (Lipinski definition) is 3. The fourth-order valence-corrected chi connectivity index (χ4v) is 3.77. The maximum Gasteiger partial charge on any atom is 0.235 e. The molecule has 0 atom stereocenters. The molecule has 2 aromatic carbocycles. The number of benzene rings is 2. The molecule has 4 aromatic rings. The van der Waals surface area contributed by atoms with Crippen LogP contribution in [0.3, 0.4) is 0 Å². The first-order valence-electron chi connectivity index (χ1n) is 9.52. The van der Waals surface area contributed by atoms with E-state index in [0.717, 1.165) is 16.8 Å². The van der Waals surface area contributed by atoms with Gasteiger partial charge in [0.1, 0.15) is 0 Å². The lowest BCUT2D eigenvalue weighted by atomic mass is 10.1. The minimum absolute atomic E-state index is 0.0668. The Balaban J connectivity index is 1.67. The van der Waals surface area contributed by atoms with E-state index < -0.39 is 0 Å². The molecule has 0 radical (unpaired) electrons. The molecule has 1 amide bonds. The van der Waals surface area contributed by atoms with Gasteiger partial charge in [0.05, 0.1) is 29.6 Å². The van der Waals surface area contributed by atoms with Crippen molar-refractivity contribution in [2.75, 3.05) is 0 Å². The van der Waals surface area contributed by atoms with Crippen LogP contribution in [0.2, 0.25) is 0 Å². The average molecular weight is 414 g/mol. The van der Waals surface area contributed by atoms with E-state index in [4.69, 9.17) is 18.8 Å². The molecular weight excluding hydrogens is 394 g/mol. The number of carbonyl (C=O) groups is 1. The Morgan fingerprint density at radius 2 is 1.83 bits per heavy atom. The maximum atomic E-state index is 12.5. The van der Waals surface area contributed by atoms with Crippen molar-refractivity contribution in [2.24, 2.45) is 0 Å². The Kier molecular flexibility index (Phi) is 5.68. The Bertz CT molecular complexity index is 1290. The molecule has 0 bridgehead atoms. The van der Waals surface area contributed by atoms with Crippen LogP contribution in [0.15, 0.2) is 67.0 Å². The minimum atomic E-state index is -0.0668. The predicted molar refractivity (Wildman–Crippen MR) is 120 cm³/mol. The molecule has 0 aliphatic heterocycles. The van der Waals surface area contributed by atoms with Crippen LogP contribution in [0.5, 0.6) is 0 Å². The lowest BCUT2D eigenvalue weighted by Crippen LogP contribution is -2.24. The Hall–Kier alpha value is -3.76.